The van der Waals surface area contributed by atoms with Gasteiger partial charge in [-0.05, 0) is 61.2 Å². The van der Waals surface area contributed by atoms with Crippen LogP contribution in [0.2, 0.25) is 0 Å². The van der Waals surface area contributed by atoms with Crippen molar-refractivity contribution < 1.29 is 9.90 Å². The smallest absolute Gasteiger partial charge is 0.240 e. The Hall–Kier alpha value is -3.08. The number of amides is 1. The molecular weight excluding hydrogens is 314 g/mol. The van der Waals surface area contributed by atoms with Gasteiger partial charge in [0.05, 0.1) is 5.71 Å². The Morgan fingerprint density at radius 2 is 1.92 bits per heavy atom. The Morgan fingerprint density at radius 3 is 2.72 bits per heavy atom. The number of phenolic OH excluding ortho intramolecular Hbond substituents is 1. The molecule has 1 aromatic heterocycles. The van der Waals surface area contributed by atoms with Gasteiger partial charge in [0.1, 0.15) is 5.75 Å². The first-order valence-corrected chi connectivity index (χ1v) is 8.31. The molecule has 1 amide bonds. The van der Waals surface area contributed by atoms with E-state index in [0.29, 0.717) is 12.1 Å². The third-order valence-electron chi connectivity index (χ3n) is 4.16. The van der Waals surface area contributed by atoms with Crippen LogP contribution in [0, 0.1) is 0 Å². The number of carbonyl (C=O) groups excluding carboxylic acids is 1. The van der Waals surface area contributed by atoms with Crippen molar-refractivity contribution in [2.75, 3.05) is 0 Å². The number of aryl methyl sites for hydroxylation is 1. The zero-order valence-electron chi connectivity index (χ0n) is 14.1. The third-order valence-corrected chi connectivity index (χ3v) is 4.16. The van der Waals surface area contributed by atoms with E-state index in [9.17, 15) is 9.90 Å². The van der Waals surface area contributed by atoms with Crippen LogP contribution in [0.3, 0.4) is 0 Å². The molecule has 3 rings (SSSR count). The van der Waals surface area contributed by atoms with Gasteiger partial charge >= 0.3 is 0 Å². The number of benzene rings is 2. The zero-order valence-corrected chi connectivity index (χ0v) is 14.1. The van der Waals surface area contributed by atoms with Crippen LogP contribution in [0.1, 0.15) is 30.9 Å². The number of rotatable bonds is 6. The molecule has 0 aliphatic heterocycles. The number of nitrogens with zero attached hydrogens (tertiary/aromatic N) is 1. The molecule has 0 bridgehead atoms. The summed E-state index contributed by atoms with van der Waals surface area (Å²) in [5.41, 5.74) is 6.50. The fourth-order valence-corrected chi connectivity index (χ4v) is 2.75. The second-order valence-electron chi connectivity index (χ2n) is 5.99. The van der Waals surface area contributed by atoms with Gasteiger partial charge in [0.2, 0.25) is 5.91 Å². The fraction of sp³-hybridized carbons (Fsp3) is 0.200. The Bertz CT molecular complexity index is 895. The summed E-state index contributed by atoms with van der Waals surface area (Å²) in [5.74, 6) is 0.107. The Labute approximate surface area is 146 Å². The monoisotopic (exact) mass is 335 g/mol. The lowest BCUT2D eigenvalue weighted by Gasteiger charge is -2.03. The molecule has 0 atom stereocenters. The van der Waals surface area contributed by atoms with Crippen LogP contribution in [0.5, 0.6) is 5.75 Å². The number of phenols is 1. The highest BCUT2D eigenvalue weighted by Crippen LogP contribution is 2.19. The van der Waals surface area contributed by atoms with Crippen molar-refractivity contribution in [2.24, 2.45) is 5.10 Å². The van der Waals surface area contributed by atoms with Crippen molar-refractivity contribution in [1.82, 2.24) is 10.4 Å². The van der Waals surface area contributed by atoms with Crippen LogP contribution < -0.4 is 5.43 Å². The van der Waals surface area contributed by atoms with Crippen LogP contribution in [0.25, 0.3) is 10.9 Å². The lowest BCUT2D eigenvalue weighted by Crippen LogP contribution is -2.19. The number of fused-ring (bicyclic) bond motifs is 1. The lowest BCUT2D eigenvalue weighted by molar-refractivity contribution is -0.121. The molecule has 0 saturated heterocycles. The van der Waals surface area contributed by atoms with Crippen LogP contribution in [-0.4, -0.2) is 21.7 Å². The van der Waals surface area contributed by atoms with Crippen LogP contribution in [0.15, 0.2) is 59.8 Å². The van der Waals surface area contributed by atoms with Crippen LogP contribution >= 0.6 is 0 Å². The van der Waals surface area contributed by atoms with Gasteiger partial charge in [-0.25, -0.2) is 5.43 Å². The number of aromatic hydroxyl groups is 1. The lowest BCUT2D eigenvalue weighted by atomic mass is 10.1. The third kappa shape index (κ3) is 4.26. The number of aromatic nitrogens is 1. The molecule has 3 aromatic rings. The van der Waals surface area contributed by atoms with Crippen LogP contribution in [0.4, 0.5) is 0 Å². The SMILES string of the molecule is CC(=NNC(=O)CCCc1c[nH]c2ccccc12)c1ccc(O)cc1. The number of nitrogens with one attached hydrogen (secondary N) is 2. The van der Waals surface area contributed by atoms with Crippen molar-refractivity contribution in [2.45, 2.75) is 26.2 Å². The number of hydrogen-bond donors (Lipinski definition) is 3. The maximum Gasteiger partial charge on any atom is 0.240 e. The summed E-state index contributed by atoms with van der Waals surface area (Å²) in [4.78, 5) is 15.2. The quantitative estimate of drug-likeness (QED) is 0.474. The van der Waals surface area contributed by atoms with Crippen LogP contribution in [-0.2, 0) is 11.2 Å². The van der Waals surface area contributed by atoms with Gasteiger partial charge in [-0.15, -0.1) is 0 Å². The molecule has 0 fully saturated rings. The van der Waals surface area contributed by atoms with E-state index < -0.39 is 0 Å². The highest BCUT2D eigenvalue weighted by molar-refractivity contribution is 5.99. The summed E-state index contributed by atoms with van der Waals surface area (Å²) < 4.78 is 0. The number of para-hydroxylation sites is 1. The van der Waals surface area contributed by atoms with Crippen molar-refractivity contribution in [3.05, 3.63) is 65.9 Å². The minimum atomic E-state index is -0.0991. The molecule has 1 heterocycles. The summed E-state index contributed by atoms with van der Waals surface area (Å²) >= 11 is 0. The van der Waals surface area contributed by atoms with Crippen molar-refractivity contribution in [3.8, 4) is 5.75 Å². The van der Waals surface area contributed by atoms with Gasteiger partial charge in [0.25, 0.3) is 0 Å². The highest BCUT2D eigenvalue weighted by Gasteiger charge is 2.05. The second-order valence-corrected chi connectivity index (χ2v) is 5.99. The molecule has 2 aromatic carbocycles. The second kappa shape index (κ2) is 7.66. The molecule has 3 N–H and O–H groups in total. The first kappa shape index (κ1) is 16.8. The molecule has 5 nitrogen and oxygen atoms in total. The first-order chi connectivity index (χ1) is 12.1. The molecule has 25 heavy (non-hydrogen) atoms. The molecule has 0 radical (unpaired) electrons. The van der Waals surface area contributed by atoms with Gasteiger partial charge in [0, 0.05) is 23.5 Å². The molecule has 0 spiro atoms. The maximum atomic E-state index is 12.0. The summed E-state index contributed by atoms with van der Waals surface area (Å²) in [6.07, 6.45) is 4.04. The summed E-state index contributed by atoms with van der Waals surface area (Å²) in [5, 5.41) is 14.6. The fourth-order valence-electron chi connectivity index (χ4n) is 2.75. The number of hydrogen-bond acceptors (Lipinski definition) is 3. The predicted molar refractivity (Wildman–Crippen MR) is 99.7 cm³/mol. The topological polar surface area (TPSA) is 77.5 Å². The van der Waals surface area contributed by atoms with E-state index in [0.717, 1.165) is 23.9 Å². The number of hydrazone groups is 1. The largest absolute Gasteiger partial charge is 0.508 e. The minimum Gasteiger partial charge on any atom is -0.508 e. The van der Waals surface area contributed by atoms with Gasteiger partial charge in [0.15, 0.2) is 0 Å². The maximum absolute atomic E-state index is 12.0. The Kier molecular flexibility index (Phi) is 5.14. The molecule has 5 heteroatoms. The molecule has 0 aliphatic rings. The molecule has 128 valence electrons. The van der Waals surface area contributed by atoms with E-state index in [1.165, 1.54) is 10.9 Å². The Morgan fingerprint density at radius 1 is 1.16 bits per heavy atom. The van der Waals surface area contributed by atoms with Crippen molar-refractivity contribution >= 4 is 22.5 Å². The molecule has 0 aliphatic carbocycles. The van der Waals surface area contributed by atoms with Crippen molar-refractivity contribution in [3.63, 3.8) is 0 Å². The highest BCUT2D eigenvalue weighted by atomic mass is 16.3. The molecule has 0 unspecified atom stereocenters. The molecular formula is C20H21N3O2. The predicted octanol–water partition coefficient (Wildman–Crippen LogP) is 3.74. The number of H-pyrrole nitrogens is 1. The minimum absolute atomic E-state index is 0.0991. The summed E-state index contributed by atoms with van der Waals surface area (Å²) in [7, 11) is 0. The normalized spacial score (nSPS) is 11.6. The van der Waals surface area contributed by atoms with E-state index in [2.05, 4.69) is 21.6 Å². The first-order valence-electron chi connectivity index (χ1n) is 8.31. The average molecular weight is 335 g/mol. The van der Waals surface area contributed by atoms with Crippen molar-refractivity contribution in [1.29, 1.82) is 0 Å². The van der Waals surface area contributed by atoms with E-state index in [-0.39, 0.29) is 11.7 Å². The van der Waals surface area contributed by atoms with Gasteiger partial charge in [-0.3, -0.25) is 4.79 Å². The van der Waals surface area contributed by atoms with Gasteiger partial charge < -0.3 is 10.1 Å². The average Bonchev–Trinajstić information content (AvgIpc) is 3.04. The number of aromatic amines is 1. The summed E-state index contributed by atoms with van der Waals surface area (Å²) in [6.45, 7) is 1.82. The van der Waals surface area contributed by atoms with Gasteiger partial charge in [-0.2, -0.15) is 5.10 Å². The van der Waals surface area contributed by atoms with E-state index in [4.69, 9.17) is 0 Å². The van der Waals surface area contributed by atoms with E-state index in [1.54, 1.807) is 24.3 Å². The Balaban J connectivity index is 1.49. The zero-order chi connectivity index (χ0) is 17.6. The van der Waals surface area contributed by atoms with E-state index >= 15 is 0 Å². The summed E-state index contributed by atoms with van der Waals surface area (Å²) in [6, 6.07) is 14.9. The molecule has 0 saturated carbocycles. The van der Waals surface area contributed by atoms with Gasteiger partial charge in [-0.1, -0.05) is 18.2 Å². The number of carbonyl (C=O) groups is 1. The standard InChI is InChI=1S/C20H21N3O2/c1-14(15-9-11-17(24)12-10-15)22-23-20(25)8-4-5-16-13-21-19-7-3-2-6-18(16)19/h2-3,6-7,9-13,21,24H,4-5,8H2,1H3,(H,23,25). The van der Waals surface area contributed by atoms with E-state index in [1.807, 2.05) is 31.3 Å².